The van der Waals surface area contributed by atoms with Gasteiger partial charge in [0.25, 0.3) is 0 Å². The van der Waals surface area contributed by atoms with E-state index in [1.807, 2.05) is 18.7 Å². The second kappa shape index (κ2) is 5.48. The monoisotopic (exact) mass is 237 g/mol. The van der Waals surface area contributed by atoms with Crippen LogP contribution in [-0.4, -0.2) is 24.2 Å². The lowest BCUT2D eigenvalue weighted by atomic mass is 10.2. The molecular formula is C13H19NOS. The Labute approximate surface area is 102 Å². The Hall–Kier alpha value is -0.830. The molecule has 0 saturated carbocycles. The minimum atomic E-state index is 0.627. The highest BCUT2D eigenvalue weighted by Gasteiger charge is 2.15. The van der Waals surface area contributed by atoms with Gasteiger partial charge in [0.1, 0.15) is 5.75 Å². The summed E-state index contributed by atoms with van der Waals surface area (Å²) in [5.74, 6) is 3.50. The zero-order chi connectivity index (χ0) is 11.4. The summed E-state index contributed by atoms with van der Waals surface area (Å²) >= 11 is 2.03. The number of rotatable bonds is 4. The van der Waals surface area contributed by atoms with Crippen molar-refractivity contribution >= 4 is 17.4 Å². The molecule has 1 N–H and O–H groups in total. The van der Waals surface area contributed by atoms with Crippen molar-refractivity contribution in [2.24, 2.45) is 0 Å². The van der Waals surface area contributed by atoms with Crippen molar-refractivity contribution in [1.29, 1.82) is 0 Å². The number of hydrogen-bond acceptors (Lipinski definition) is 3. The van der Waals surface area contributed by atoms with Crippen LogP contribution in [0, 0.1) is 6.92 Å². The molecule has 0 amide bonds. The molecule has 3 heteroatoms. The van der Waals surface area contributed by atoms with Crippen LogP contribution in [0.15, 0.2) is 18.2 Å². The maximum atomic E-state index is 5.60. The maximum Gasteiger partial charge on any atom is 0.124 e. The minimum Gasteiger partial charge on any atom is -0.494 e. The van der Waals surface area contributed by atoms with Gasteiger partial charge in [0.05, 0.1) is 6.61 Å². The fourth-order valence-electron chi connectivity index (χ4n) is 1.88. The SMILES string of the molecule is CCOc1cc(NC2CCSC2)ccc1C. The lowest BCUT2D eigenvalue weighted by molar-refractivity contribution is 0.338. The van der Waals surface area contributed by atoms with Crippen molar-refractivity contribution in [3.05, 3.63) is 23.8 Å². The highest BCUT2D eigenvalue weighted by molar-refractivity contribution is 7.99. The summed E-state index contributed by atoms with van der Waals surface area (Å²) < 4.78 is 5.60. The van der Waals surface area contributed by atoms with E-state index in [0.29, 0.717) is 6.04 Å². The molecule has 1 aromatic carbocycles. The highest BCUT2D eigenvalue weighted by Crippen LogP contribution is 2.26. The molecule has 1 aliphatic rings. The Morgan fingerprint density at radius 1 is 1.50 bits per heavy atom. The molecule has 1 atom stereocenters. The van der Waals surface area contributed by atoms with Crippen molar-refractivity contribution < 1.29 is 4.74 Å². The van der Waals surface area contributed by atoms with Crippen molar-refractivity contribution in [3.8, 4) is 5.75 Å². The third-order valence-corrected chi connectivity index (χ3v) is 3.95. The summed E-state index contributed by atoms with van der Waals surface area (Å²) in [5, 5.41) is 3.57. The predicted octanol–water partition coefficient (Wildman–Crippen LogP) is 3.31. The van der Waals surface area contributed by atoms with Crippen LogP contribution in [0.1, 0.15) is 18.9 Å². The Morgan fingerprint density at radius 2 is 2.38 bits per heavy atom. The first-order chi connectivity index (χ1) is 7.79. The summed E-state index contributed by atoms with van der Waals surface area (Å²) in [6, 6.07) is 7.00. The van der Waals surface area contributed by atoms with E-state index in [2.05, 4.69) is 30.4 Å². The van der Waals surface area contributed by atoms with Gasteiger partial charge in [0.15, 0.2) is 0 Å². The van der Waals surface area contributed by atoms with Crippen molar-refractivity contribution in [3.63, 3.8) is 0 Å². The van der Waals surface area contributed by atoms with Gasteiger partial charge in [-0.3, -0.25) is 0 Å². The molecule has 1 fully saturated rings. The molecule has 2 nitrogen and oxygen atoms in total. The molecule has 0 spiro atoms. The molecule has 1 heterocycles. The van der Waals surface area contributed by atoms with Crippen LogP contribution in [0.25, 0.3) is 0 Å². The lowest BCUT2D eigenvalue weighted by Crippen LogP contribution is -2.18. The van der Waals surface area contributed by atoms with Crippen LogP contribution in [0.4, 0.5) is 5.69 Å². The molecule has 1 aromatic rings. The molecule has 0 aliphatic carbocycles. The van der Waals surface area contributed by atoms with Crippen LogP contribution >= 0.6 is 11.8 Å². The van der Waals surface area contributed by atoms with Gasteiger partial charge in [-0.15, -0.1) is 0 Å². The number of nitrogens with one attached hydrogen (secondary N) is 1. The average molecular weight is 237 g/mol. The molecule has 0 aromatic heterocycles. The number of ether oxygens (including phenoxy) is 1. The number of aryl methyl sites for hydroxylation is 1. The van der Waals surface area contributed by atoms with Crippen molar-refractivity contribution in [2.75, 3.05) is 23.4 Å². The fourth-order valence-corrected chi connectivity index (χ4v) is 3.04. The Bertz CT molecular complexity index is 348. The molecule has 1 unspecified atom stereocenters. The van der Waals surface area contributed by atoms with E-state index in [9.17, 15) is 0 Å². The molecule has 1 saturated heterocycles. The fraction of sp³-hybridized carbons (Fsp3) is 0.538. The van der Waals surface area contributed by atoms with Crippen molar-refractivity contribution in [2.45, 2.75) is 26.3 Å². The van der Waals surface area contributed by atoms with Gasteiger partial charge in [0, 0.05) is 23.5 Å². The van der Waals surface area contributed by atoms with Gasteiger partial charge in [-0.2, -0.15) is 11.8 Å². The maximum absolute atomic E-state index is 5.60. The molecule has 16 heavy (non-hydrogen) atoms. The summed E-state index contributed by atoms with van der Waals surface area (Å²) in [4.78, 5) is 0. The summed E-state index contributed by atoms with van der Waals surface area (Å²) in [6.45, 7) is 4.83. The summed E-state index contributed by atoms with van der Waals surface area (Å²) in [5.41, 5.74) is 2.38. The highest BCUT2D eigenvalue weighted by atomic mass is 32.2. The number of hydrogen-bond donors (Lipinski definition) is 1. The smallest absolute Gasteiger partial charge is 0.124 e. The predicted molar refractivity (Wildman–Crippen MR) is 71.7 cm³/mol. The van der Waals surface area contributed by atoms with Gasteiger partial charge in [-0.1, -0.05) is 6.07 Å². The number of benzene rings is 1. The summed E-state index contributed by atoms with van der Waals surface area (Å²) in [7, 11) is 0. The van der Waals surface area contributed by atoms with E-state index in [1.165, 1.54) is 29.2 Å². The number of anilines is 1. The topological polar surface area (TPSA) is 21.3 Å². The van der Waals surface area contributed by atoms with Gasteiger partial charge in [0.2, 0.25) is 0 Å². The zero-order valence-corrected chi connectivity index (χ0v) is 10.8. The van der Waals surface area contributed by atoms with Crippen LogP contribution in [0.5, 0.6) is 5.75 Å². The summed E-state index contributed by atoms with van der Waals surface area (Å²) in [6.07, 6.45) is 1.27. The average Bonchev–Trinajstić information content (AvgIpc) is 2.76. The molecule has 2 rings (SSSR count). The Morgan fingerprint density at radius 3 is 3.06 bits per heavy atom. The van der Waals surface area contributed by atoms with Crippen LogP contribution in [0.3, 0.4) is 0 Å². The van der Waals surface area contributed by atoms with Crippen LogP contribution in [0.2, 0.25) is 0 Å². The van der Waals surface area contributed by atoms with Gasteiger partial charge in [-0.05, 0) is 37.7 Å². The third kappa shape index (κ3) is 2.85. The van der Waals surface area contributed by atoms with Crippen molar-refractivity contribution in [1.82, 2.24) is 0 Å². The largest absolute Gasteiger partial charge is 0.494 e. The number of thioether (sulfide) groups is 1. The first-order valence-corrected chi connectivity index (χ1v) is 7.03. The van der Waals surface area contributed by atoms with E-state index in [4.69, 9.17) is 4.74 Å². The zero-order valence-electron chi connectivity index (χ0n) is 9.95. The molecule has 0 bridgehead atoms. The molecule has 88 valence electrons. The standard InChI is InChI=1S/C13H19NOS/c1-3-15-13-8-11(5-4-10(13)2)14-12-6-7-16-9-12/h4-5,8,12,14H,3,6-7,9H2,1-2H3. The van der Waals surface area contributed by atoms with Gasteiger partial charge >= 0.3 is 0 Å². The van der Waals surface area contributed by atoms with E-state index in [0.717, 1.165) is 12.4 Å². The minimum absolute atomic E-state index is 0.627. The second-order valence-corrected chi connectivity index (χ2v) is 5.27. The van der Waals surface area contributed by atoms with E-state index < -0.39 is 0 Å². The second-order valence-electron chi connectivity index (χ2n) is 4.12. The Balaban J connectivity index is 2.05. The first-order valence-electron chi connectivity index (χ1n) is 5.87. The third-order valence-electron chi connectivity index (χ3n) is 2.79. The van der Waals surface area contributed by atoms with E-state index in [-0.39, 0.29) is 0 Å². The molecule has 1 aliphatic heterocycles. The molecule has 0 radical (unpaired) electrons. The van der Waals surface area contributed by atoms with E-state index >= 15 is 0 Å². The lowest BCUT2D eigenvalue weighted by Gasteiger charge is -2.15. The first kappa shape index (κ1) is 11.6. The van der Waals surface area contributed by atoms with Crippen LogP contribution < -0.4 is 10.1 Å². The quantitative estimate of drug-likeness (QED) is 0.868. The Kier molecular flexibility index (Phi) is 3.99. The van der Waals surface area contributed by atoms with E-state index in [1.54, 1.807) is 0 Å². The molecular weight excluding hydrogens is 218 g/mol. The van der Waals surface area contributed by atoms with Gasteiger partial charge < -0.3 is 10.1 Å². The normalized spacial score (nSPS) is 19.8. The van der Waals surface area contributed by atoms with Crippen LogP contribution in [-0.2, 0) is 0 Å². The van der Waals surface area contributed by atoms with Gasteiger partial charge in [-0.25, -0.2) is 0 Å².